The Morgan fingerprint density at radius 3 is 1.69 bits per heavy atom. The zero-order chi connectivity index (χ0) is 26.0. The molecule has 2 N–H and O–H groups in total. The van der Waals surface area contributed by atoms with Crippen molar-refractivity contribution in [2.24, 2.45) is 0 Å². The summed E-state index contributed by atoms with van der Waals surface area (Å²) in [6.45, 7) is 10.2. The number of hydrogen-bond donors (Lipinski definition) is 2. The maximum Gasteiger partial charge on any atom is 1.00 e. The summed E-state index contributed by atoms with van der Waals surface area (Å²) >= 11 is 0. The van der Waals surface area contributed by atoms with Gasteiger partial charge in [0.2, 0.25) is 0 Å². The molecule has 0 aromatic heterocycles. The van der Waals surface area contributed by atoms with Crippen LogP contribution in [-0.4, -0.2) is 22.2 Å². The van der Waals surface area contributed by atoms with Crippen molar-refractivity contribution in [3.8, 4) is 0 Å². The molecular formula is C31H35LiO4. The van der Waals surface area contributed by atoms with E-state index in [9.17, 15) is 14.7 Å². The standard InChI is InChI=1S/C15H16O2.C12H10O2.C4H9.Li/c1-3-10(2)14-12-7-5-4-6-11(12)8-9-13(14)15(16)17;1-8-10-5-3-2-4-9(10)6-7-11(8)12(13)14;1-3-4-2;/h4-10H,3H2,1-2H3,(H,16,17);2-7H,1H3,(H,13,14);3H,4H2,1-2H3;/q;;-1;+1. The Balaban J connectivity index is 0.000000310. The number of aryl methyl sites for hydroxylation is 1. The van der Waals surface area contributed by atoms with Crippen LogP contribution in [0.25, 0.3) is 21.5 Å². The van der Waals surface area contributed by atoms with E-state index >= 15 is 0 Å². The molecule has 0 aliphatic heterocycles. The van der Waals surface area contributed by atoms with Gasteiger partial charge in [-0.2, -0.15) is 13.3 Å². The zero-order valence-corrected chi connectivity index (χ0v) is 22.2. The van der Waals surface area contributed by atoms with Crippen LogP contribution in [0.3, 0.4) is 0 Å². The van der Waals surface area contributed by atoms with Crippen LogP contribution in [-0.2, 0) is 0 Å². The van der Waals surface area contributed by atoms with Crippen molar-refractivity contribution in [1.82, 2.24) is 0 Å². The molecule has 0 amide bonds. The van der Waals surface area contributed by atoms with Crippen molar-refractivity contribution in [2.75, 3.05) is 0 Å². The minimum atomic E-state index is -0.867. The minimum Gasteiger partial charge on any atom is -0.478 e. The van der Waals surface area contributed by atoms with Crippen molar-refractivity contribution in [3.63, 3.8) is 0 Å². The number of carboxylic acid groups (broad SMARTS) is 2. The molecule has 4 rings (SSSR count). The third kappa shape index (κ3) is 7.72. The number of fused-ring (bicyclic) bond motifs is 2. The van der Waals surface area contributed by atoms with Gasteiger partial charge in [0.1, 0.15) is 0 Å². The first-order valence-electron chi connectivity index (χ1n) is 12.0. The van der Waals surface area contributed by atoms with Crippen LogP contribution in [0.4, 0.5) is 0 Å². The predicted molar refractivity (Wildman–Crippen MR) is 146 cm³/mol. The van der Waals surface area contributed by atoms with E-state index in [0.29, 0.717) is 11.1 Å². The summed E-state index contributed by atoms with van der Waals surface area (Å²) in [5.41, 5.74) is 2.59. The Bertz CT molecular complexity index is 1290. The molecule has 1 atom stereocenters. The number of aromatic carboxylic acids is 2. The zero-order valence-electron chi connectivity index (χ0n) is 22.2. The van der Waals surface area contributed by atoms with Gasteiger partial charge in [0, 0.05) is 0 Å². The van der Waals surface area contributed by atoms with Crippen LogP contribution in [0.15, 0.2) is 72.8 Å². The van der Waals surface area contributed by atoms with Crippen molar-refractivity contribution in [1.29, 1.82) is 0 Å². The maximum atomic E-state index is 11.3. The molecular weight excluding hydrogens is 443 g/mol. The summed E-state index contributed by atoms with van der Waals surface area (Å²) in [5, 5.41) is 22.4. The predicted octanol–water partition coefficient (Wildman–Crippen LogP) is 5.52. The average molecular weight is 479 g/mol. The Kier molecular flexibility index (Phi) is 13.0. The van der Waals surface area contributed by atoms with Gasteiger partial charge < -0.3 is 16.6 Å². The first-order chi connectivity index (χ1) is 16.8. The summed E-state index contributed by atoms with van der Waals surface area (Å²) in [5.74, 6) is -1.45. The Morgan fingerprint density at radius 2 is 1.22 bits per heavy atom. The van der Waals surface area contributed by atoms with E-state index in [4.69, 9.17) is 5.11 Å². The quantitative estimate of drug-likeness (QED) is 0.293. The molecule has 4 aromatic carbocycles. The van der Waals surface area contributed by atoms with E-state index < -0.39 is 11.9 Å². The first kappa shape index (κ1) is 31.0. The number of benzene rings is 4. The van der Waals surface area contributed by atoms with Crippen LogP contribution in [0.5, 0.6) is 0 Å². The van der Waals surface area contributed by atoms with Crippen LogP contribution >= 0.6 is 0 Å². The second-order valence-corrected chi connectivity index (χ2v) is 8.44. The molecule has 0 aliphatic carbocycles. The number of unbranched alkanes of at least 4 members (excludes halogenated alkanes) is 1. The number of carboxylic acids is 2. The van der Waals surface area contributed by atoms with Gasteiger partial charge in [0.15, 0.2) is 0 Å². The van der Waals surface area contributed by atoms with Crippen molar-refractivity contribution in [3.05, 3.63) is 101 Å². The van der Waals surface area contributed by atoms with Crippen LogP contribution < -0.4 is 18.9 Å². The summed E-state index contributed by atoms with van der Waals surface area (Å²) in [7, 11) is 0. The largest absolute Gasteiger partial charge is 1.00 e. The van der Waals surface area contributed by atoms with Gasteiger partial charge in [-0.25, -0.2) is 9.59 Å². The van der Waals surface area contributed by atoms with E-state index in [0.717, 1.165) is 39.1 Å². The first-order valence-corrected chi connectivity index (χ1v) is 12.0. The van der Waals surface area contributed by atoms with E-state index in [1.807, 2.05) is 67.6 Å². The van der Waals surface area contributed by atoms with Crippen LogP contribution in [0.1, 0.15) is 78.3 Å². The van der Waals surface area contributed by atoms with E-state index in [-0.39, 0.29) is 24.8 Å². The van der Waals surface area contributed by atoms with Gasteiger partial charge in [-0.05, 0) is 64.1 Å². The molecule has 4 nitrogen and oxygen atoms in total. The second-order valence-electron chi connectivity index (χ2n) is 8.44. The normalized spacial score (nSPS) is 10.8. The molecule has 36 heavy (non-hydrogen) atoms. The Labute approximate surface area is 226 Å². The smallest absolute Gasteiger partial charge is 0.478 e. The summed E-state index contributed by atoms with van der Waals surface area (Å²) in [6, 6.07) is 22.8. The average Bonchev–Trinajstić information content (AvgIpc) is 2.88. The molecule has 0 heterocycles. The van der Waals surface area contributed by atoms with Gasteiger partial charge in [-0.3, -0.25) is 0 Å². The molecule has 0 spiro atoms. The molecule has 0 bridgehead atoms. The van der Waals surface area contributed by atoms with Gasteiger partial charge in [0.25, 0.3) is 0 Å². The van der Waals surface area contributed by atoms with Gasteiger partial charge in [-0.15, -0.1) is 0 Å². The molecule has 184 valence electrons. The summed E-state index contributed by atoms with van der Waals surface area (Å²) in [6.07, 6.45) is 4.26. The molecule has 0 saturated heterocycles. The topological polar surface area (TPSA) is 74.6 Å². The molecule has 0 radical (unpaired) electrons. The number of hydrogen-bond acceptors (Lipinski definition) is 2. The number of carbonyl (C=O) groups is 2. The summed E-state index contributed by atoms with van der Waals surface area (Å²) < 4.78 is 0. The molecule has 1 unspecified atom stereocenters. The van der Waals surface area contributed by atoms with E-state index in [2.05, 4.69) is 34.1 Å². The van der Waals surface area contributed by atoms with Crippen molar-refractivity contribution < 1.29 is 38.7 Å². The van der Waals surface area contributed by atoms with Gasteiger partial charge in [0.05, 0.1) is 11.1 Å². The fourth-order valence-electron chi connectivity index (χ4n) is 3.88. The second kappa shape index (κ2) is 15.1. The molecule has 5 heteroatoms. The van der Waals surface area contributed by atoms with Crippen LogP contribution in [0.2, 0.25) is 0 Å². The van der Waals surface area contributed by atoms with E-state index in [1.165, 1.54) is 6.42 Å². The fraction of sp³-hybridized carbons (Fsp3) is 0.258. The third-order valence-electron chi connectivity index (χ3n) is 6.14. The van der Waals surface area contributed by atoms with E-state index in [1.54, 1.807) is 12.1 Å². The Hall–Kier alpha value is -3.06. The SMILES string of the molecule is CCC(C)c1c(C(=O)O)ccc2ccccc12.C[CH-]CC.Cc1c(C(=O)O)ccc2ccccc12.[Li+]. The summed E-state index contributed by atoms with van der Waals surface area (Å²) in [4.78, 5) is 22.2. The maximum absolute atomic E-state index is 11.3. The minimum absolute atomic E-state index is 0. The van der Waals surface area contributed by atoms with Gasteiger partial charge in [-0.1, -0.05) is 81.4 Å². The molecule has 0 aliphatic rings. The third-order valence-corrected chi connectivity index (χ3v) is 6.14. The monoisotopic (exact) mass is 478 g/mol. The van der Waals surface area contributed by atoms with Crippen LogP contribution in [0, 0.1) is 13.3 Å². The molecule has 4 aromatic rings. The molecule has 0 saturated carbocycles. The van der Waals surface area contributed by atoms with Crippen molar-refractivity contribution in [2.45, 2.75) is 53.4 Å². The van der Waals surface area contributed by atoms with Crippen molar-refractivity contribution >= 4 is 33.5 Å². The number of rotatable bonds is 5. The fourth-order valence-corrected chi connectivity index (χ4v) is 3.88. The Morgan fingerprint density at radius 1 is 0.778 bits per heavy atom. The van der Waals surface area contributed by atoms with Gasteiger partial charge >= 0.3 is 30.8 Å². The molecule has 0 fully saturated rings.